The van der Waals surface area contributed by atoms with Gasteiger partial charge in [0.25, 0.3) is 0 Å². The van der Waals surface area contributed by atoms with Crippen LogP contribution in [0.3, 0.4) is 0 Å². The van der Waals surface area contributed by atoms with Crippen molar-refractivity contribution in [1.82, 2.24) is 0 Å². The molecule has 2 rings (SSSR count). The van der Waals surface area contributed by atoms with Crippen LogP contribution in [0.15, 0.2) is 59.3 Å². The van der Waals surface area contributed by atoms with Gasteiger partial charge in [0, 0.05) is 11.9 Å². The van der Waals surface area contributed by atoms with E-state index in [4.69, 9.17) is 5.73 Å². The van der Waals surface area contributed by atoms with E-state index in [0.717, 1.165) is 11.5 Å². The van der Waals surface area contributed by atoms with E-state index < -0.39 is 21.4 Å². The number of benzene rings is 2. The van der Waals surface area contributed by atoms with Crippen LogP contribution in [0.5, 0.6) is 0 Å². The summed E-state index contributed by atoms with van der Waals surface area (Å²) in [6.45, 7) is -0.0170. The van der Waals surface area contributed by atoms with Crippen LogP contribution in [0.4, 0.5) is 4.39 Å². The van der Waals surface area contributed by atoms with Crippen molar-refractivity contribution in [3.63, 3.8) is 0 Å². The molecule has 0 aromatic heterocycles. The second-order valence-electron chi connectivity index (χ2n) is 4.12. The molecule has 20 heavy (non-hydrogen) atoms. The van der Waals surface area contributed by atoms with E-state index in [1.54, 1.807) is 18.2 Å². The fourth-order valence-corrected chi connectivity index (χ4v) is 3.36. The Bertz CT molecular complexity index is 724. The van der Waals surface area contributed by atoms with Gasteiger partial charge in [0.1, 0.15) is 11.6 Å². The molecule has 6 heteroatoms. The van der Waals surface area contributed by atoms with Gasteiger partial charge in [-0.3, -0.25) is 0 Å². The molecule has 0 aliphatic heterocycles. The van der Waals surface area contributed by atoms with E-state index in [2.05, 4.69) is 0 Å². The van der Waals surface area contributed by atoms with Gasteiger partial charge in [-0.15, -0.1) is 12.4 Å². The van der Waals surface area contributed by atoms with Crippen molar-refractivity contribution in [1.29, 1.82) is 0 Å². The van der Waals surface area contributed by atoms with Gasteiger partial charge in [-0.25, -0.2) is 12.8 Å². The monoisotopic (exact) mass is 315 g/mol. The van der Waals surface area contributed by atoms with Gasteiger partial charge in [0.05, 0.1) is 4.90 Å². The second kappa shape index (κ2) is 6.83. The summed E-state index contributed by atoms with van der Waals surface area (Å²) >= 11 is 0. The number of hydrogen-bond acceptors (Lipinski definition) is 3. The Balaban J connectivity index is 0.00000200. The number of nitrogens with two attached hydrogens (primary N) is 1. The smallest absolute Gasteiger partial charge is 0.185 e. The summed E-state index contributed by atoms with van der Waals surface area (Å²) in [6.07, 6.45) is 1.07. The van der Waals surface area contributed by atoms with E-state index in [-0.39, 0.29) is 23.8 Å². The van der Waals surface area contributed by atoms with Gasteiger partial charge in [-0.05, 0) is 17.5 Å². The van der Waals surface area contributed by atoms with E-state index in [1.165, 1.54) is 6.07 Å². The van der Waals surface area contributed by atoms with Crippen molar-refractivity contribution < 1.29 is 12.8 Å². The molecule has 3 nitrogen and oxygen atoms in total. The average Bonchev–Trinajstić information content (AvgIpc) is 2.37. The van der Waals surface area contributed by atoms with Crippen LogP contribution in [0.25, 0.3) is 10.8 Å². The minimum Gasteiger partial charge on any atom is -0.327 e. The van der Waals surface area contributed by atoms with Crippen LogP contribution in [0, 0.1) is 0 Å². The molecular weight excluding hydrogens is 301 g/mol. The molecule has 0 amide bonds. The molecule has 0 heterocycles. The molecule has 0 bridgehead atoms. The van der Waals surface area contributed by atoms with Crippen LogP contribution in [0.1, 0.15) is 0 Å². The van der Waals surface area contributed by atoms with Crippen molar-refractivity contribution in [3.8, 4) is 0 Å². The van der Waals surface area contributed by atoms with Crippen LogP contribution in [-0.4, -0.2) is 20.7 Å². The highest BCUT2D eigenvalue weighted by atomic mass is 35.5. The van der Waals surface area contributed by atoms with Crippen molar-refractivity contribution in [2.24, 2.45) is 5.73 Å². The minimum atomic E-state index is -3.71. The number of sulfone groups is 1. The molecule has 2 aromatic rings. The molecule has 0 saturated heterocycles. The van der Waals surface area contributed by atoms with Crippen LogP contribution >= 0.6 is 12.4 Å². The Morgan fingerprint density at radius 2 is 1.80 bits per heavy atom. The first kappa shape index (κ1) is 16.6. The molecular formula is C14H15ClFNO2S. The van der Waals surface area contributed by atoms with Crippen LogP contribution in [-0.2, 0) is 9.84 Å². The highest BCUT2D eigenvalue weighted by Crippen LogP contribution is 2.24. The van der Waals surface area contributed by atoms with Crippen LogP contribution < -0.4 is 5.73 Å². The topological polar surface area (TPSA) is 60.2 Å². The summed E-state index contributed by atoms with van der Waals surface area (Å²) in [5.41, 5.74) is 5.17. The lowest BCUT2D eigenvalue weighted by atomic mass is 10.1. The zero-order valence-corrected chi connectivity index (χ0v) is 12.3. The molecule has 0 aliphatic carbocycles. The quantitative estimate of drug-likeness (QED) is 0.943. The molecule has 0 spiro atoms. The maximum Gasteiger partial charge on any atom is 0.185 e. The average molecular weight is 316 g/mol. The Morgan fingerprint density at radius 3 is 2.50 bits per heavy atom. The first-order chi connectivity index (χ1) is 9.04. The van der Waals surface area contributed by atoms with Crippen molar-refractivity contribution in [2.75, 3.05) is 12.3 Å². The third-order valence-corrected chi connectivity index (χ3v) is 4.43. The summed E-state index contributed by atoms with van der Waals surface area (Å²) in [5, 5.41) is 1.41. The predicted molar refractivity (Wildman–Crippen MR) is 81.5 cm³/mol. The van der Waals surface area contributed by atoms with E-state index >= 15 is 0 Å². The van der Waals surface area contributed by atoms with E-state index in [1.807, 2.05) is 18.2 Å². The van der Waals surface area contributed by atoms with Crippen LogP contribution in [0.2, 0.25) is 0 Å². The largest absolute Gasteiger partial charge is 0.327 e. The standard InChI is InChI=1S/C14H14FNO2S.ClH/c15-12(8-9-16)10-19(17,18)14-7-3-5-11-4-1-2-6-13(11)14;/h1-8H,9-10,16H2;1H/b12-8-;. The zero-order chi connectivity index (χ0) is 13.9. The maximum atomic E-state index is 13.4. The summed E-state index contributed by atoms with van der Waals surface area (Å²) in [4.78, 5) is 0.145. The lowest BCUT2D eigenvalue weighted by Gasteiger charge is -2.07. The highest BCUT2D eigenvalue weighted by molar-refractivity contribution is 7.91. The number of hydrogen-bond donors (Lipinski definition) is 1. The minimum absolute atomic E-state index is 0. The van der Waals surface area contributed by atoms with Gasteiger partial charge in [0.15, 0.2) is 9.84 Å². The Morgan fingerprint density at radius 1 is 1.15 bits per heavy atom. The van der Waals surface area contributed by atoms with Gasteiger partial charge in [0.2, 0.25) is 0 Å². The van der Waals surface area contributed by atoms with Gasteiger partial charge < -0.3 is 5.73 Å². The Hall–Kier alpha value is -1.43. The normalized spacial score (nSPS) is 12.2. The van der Waals surface area contributed by atoms with E-state index in [0.29, 0.717) is 5.39 Å². The van der Waals surface area contributed by atoms with Crippen molar-refractivity contribution in [3.05, 3.63) is 54.4 Å². The van der Waals surface area contributed by atoms with Crippen molar-refractivity contribution >= 4 is 33.0 Å². The first-order valence-corrected chi connectivity index (χ1v) is 7.45. The lowest BCUT2D eigenvalue weighted by molar-refractivity contribution is 0.584. The maximum absolute atomic E-state index is 13.4. The molecule has 0 saturated carbocycles. The summed E-state index contributed by atoms with van der Waals surface area (Å²) < 4.78 is 37.8. The van der Waals surface area contributed by atoms with Crippen molar-refractivity contribution in [2.45, 2.75) is 4.90 Å². The first-order valence-electron chi connectivity index (χ1n) is 5.80. The molecule has 0 aliphatic rings. The fourth-order valence-electron chi connectivity index (χ4n) is 1.91. The molecule has 108 valence electrons. The zero-order valence-electron chi connectivity index (χ0n) is 10.6. The van der Waals surface area contributed by atoms with Gasteiger partial charge in [-0.1, -0.05) is 36.4 Å². The number of fused-ring (bicyclic) bond motifs is 1. The van der Waals surface area contributed by atoms with Gasteiger partial charge in [-0.2, -0.15) is 0 Å². The number of rotatable bonds is 4. The molecule has 0 fully saturated rings. The molecule has 0 unspecified atom stereocenters. The Labute approximate surface area is 123 Å². The summed E-state index contributed by atoms with van der Waals surface area (Å²) in [7, 11) is -3.71. The third kappa shape index (κ3) is 3.56. The van der Waals surface area contributed by atoms with Gasteiger partial charge >= 0.3 is 0 Å². The predicted octanol–water partition coefficient (Wildman–Crippen LogP) is 2.85. The second-order valence-corrected chi connectivity index (χ2v) is 6.08. The van der Waals surface area contributed by atoms with E-state index in [9.17, 15) is 12.8 Å². The number of halogens is 2. The fraction of sp³-hybridized carbons (Fsp3) is 0.143. The molecule has 2 aromatic carbocycles. The Kier molecular flexibility index (Phi) is 5.68. The third-order valence-electron chi connectivity index (χ3n) is 2.75. The highest BCUT2D eigenvalue weighted by Gasteiger charge is 2.19. The SMILES string of the molecule is Cl.NC/C=C(\F)CS(=O)(=O)c1cccc2ccccc12. The molecule has 0 atom stereocenters. The molecule has 0 radical (unpaired) electrons. The lowest BCUT2D eigenvalue weighted by Crippen LogP contribution is -2.09. The summed E-state index contributed by atoms with van der Waals surface area (Å²) in [6, 6.07) is 12.1. The molecule has 2 N–H and O–H groups in total. The summed E-state index contributed by atoms with van der Waals surface area (Å²) in [5.74, 6) is -1.38.